The summed E-state index contributed by atoms with van der Waals surface area (Å²) >= 11 is 18.2. The number of esters is 2. The Morgan fingerprint density at radius 1 is 0.457 bits per heavy atom. The van der Waals surface area contributed by atoms with Crippen LogP contribution in [0.4, 0.5) is 13.6 Å². The molecule has 13 rings (SSSR count). The van der Waals surface area contributed by atoms with Crippen LogP contribution in [-0.4, -0.2) is 110 Å². The van der Waals surface area contributed by atoms with Crippen molar-refractivity contribution in [3.63, 3.8) is 0 Å². The maximum atomic E-state index is 14.6. The topological polar surface area (TPSA) is 249 Å². The molecule has 0 aliphatic carbocycles. The summed E-state index contributed by atoms with van der Waals surface area (Å²) < 4.78 is 53.5. The number of nitrogens with two attached hydrogens (primary N) is 1. The average Bonchev–Trinajstić information content (AvgIpc) is 1.60. The monoisotopic (exact) mass is 1300 g/mol. The van der Waals surface area contributed by atoms with E-state index in [9.17, 15) is 23.2 Å². The van der Waals surface area contributed by atoms with E-state index in [1.165, 1.54) is 12.1 Å². The maximum Gasteiger partial charge on any atom is 0.404 e. The zero-order valence-electron chi connectivity index (χ0n) is 50.2. The highest BCUT2D eigenvalue weighted by molar-refractivity contribution is 6.33. The van der Waals surface area contributed by atoms with Gasteiger partial charge in [-0.1, -0.05) is 34.8 Å². The molecule has 2 N–H and O–H groups in total. The number of primary amides is 1. The van der Waals surface area contributed by atoms with Crippen LogP contribution in [0.5, 0.6) is 0 Å². The molecule has 468 valence electrons. The third-order valence-corrected chi connectivity index (χ3v) is 14.4. The molecule has 12 heterocycles. The maximum absolute atomic E-state index is 14.6. The van der Waals surface area contributed by atoms with Crippen molar-refractivity contribution in [2.24, 2.45) is 26.9 Å². The van der Waals surface area contributed by atoms with E-state index in [1.54, 1.807) is 89.9 Å². The summed E-state index contributed by atoms with van der Waals surface area (Å²) in [5.74, 6) is -2.19. The fourth-order valence-corrected chi connectivity index (χ4v) is 10.4. The number of rotatable bonds is 14. The number of halogens is 5. The Kier molecular flexibility index (Phi) is 20.2. The highest BCUT2D eigenvalue weighted by Crippen LogP contribution is 2.33. The van der Waals surface area contributed by atoms with Crippen molar-refractivity contribution in [2.75, 3.05) is 19.8 Å². The number of hydrogen-bond donors (Lipinski definition) is 1. The van der Waals surface area contributed by atoms with Gasteiger partial charge in [0, 0.05) is 103 Å². The summed E-state index contributed by atoms with van der Waals surface area (Å²) in [5, 5.41) is 13.7. The molecule has 0 spiro atoms. The number of aryl methyl sites for hydroxylation is 3. The fourth-order valence-electron chi connectivity index (χ4n) is 9.76. The van der Waals surface area contributed by atoms with Crippen LogP contribution in [0.15, 0.2) is 165 Å². The molecular formula is C65H57Cl3F2N16O6. The minimum Gasteiger partial charge on any atom is -0.466 e. The third-order valence-electron chi connectivity index (χ3n) is 13.8. The number of amides is 1. The summed E-state index contributed by atoms with van der Waals surface area (Å²) in [7, 11) is 5.64. The van der Waals surface area contributed by atoms with E-state index in [4.69, 9.17) is 44.3 Å². The van der Waals surface area contributed by atoms with E-state index in [2.05, 4.69) is 55.7 Å². The van der Waals surface area contributed by atoms with Gasteiger partial charge in [-0.05, 0) is 122 Å². The molecule has 27 heteroatoms. The first-order valence-electron chi connectivity index (χ1n) is 28.4. The van der Waals surface area contributed by atoms with Crippen LogP contribution in [-0.2, 0) is 57.8 Å². The second-order valence-electron chi connectivity index (χ2n) is 20.3. The lowest BCUT2D eigenvalue weighted by atomic mass is 10.0. The second kappa shape index (κ2) is 28.9. The van der Waals surface area contributed by atoms with Gasteiger partial charge in [-0.25, -0.2) is 38.5 Å². The Morgan fingerprint density at radius 3 is 1.22 bits per heavy atom. The lowest BCUT2D eigenvalue weighted by molar-refractivity contribution is -0.143. The summed E-state index contributed by atoms with van der Waals surface area (Å²) in [6.45, 7) is 6.12. The first-order chi connectivity index (χ1) is 44.3. The van der Waals surface area contributed by atoms with Gasteiger partial charge in [-0.15, -0.1) is 0 Å². The lowest BCUT2D eigenvalue weighted by Crippen LogP contribution is -2.11. The Balaban J connectivity index is 0.000000147. The smallest absolute Gasteiger partial charge is 0.404 e. The van der Waals surface area contributed by atoms with Crippen molar-refractivity contribution in [1.29, 1.82) is 0 Å². The number of carbonyl (C=O) groups excluding carboxylic acids is 3. The standard InChI is InChI=1S/C26H21F2N5O2.C20H18ClN5O2.C16H11Cl2N5.C3H7NO2/c1-3-35-26(34)12-20-8-17(9-23(31-20)21-5-4-19(27)11-22(21)28)24-14-29-25-10-16(6-7-33(24)25)18-13-30-32(2)15-18;1-3-28-20(27)9-16-6-14(7-18(21)24-16)17-11-22-19-8-13(4-5-26(17)19)15-10-23-25(2)12-15;1-22-9-12(7-20-22)10-2-3-23-13(8-19-16(23)6-10)11-4-14(17)21-15(18)5-11;1-2-6-3(4)5/h4-11,13-15H,3,12H2,1-2H3;4-8,10-12H,3,9H2,1-2H3;2-9H,1H3;2H2,1H3,(H2,4,5). The minimum atomic E-state index is -0.740. The van der Waals surface area contributed by atoms with E-state index >= 15 is 0 Å². The fraction of sp³-hybridized carbons (Fsp3) is 0.169. The third kappa shape index (κ3) is 15.6. The van der Waals surface area contributed by atoms with Crippen LogP contribution in [0.1, 0.15) is 32.2 Å². The molecular weight excluding hydrogens is 1250 g/mol. The second-order valence-corrected chi connectivity index (χ2v) is 21.5. The largest absolute Gasteiger partial charge is 0.466 e. The molecule has 0 atom stereocenters. The highest BCUT2D eigenvalue weighted by Gasteiger charge is 2.18. The Bertz CT molecular complexity index is 4800. The molecule has 0 unspecified atom stereocenters. The Morgan fingerprint density at radius 2 is 0.848 bits per heavy atom. The molecule has 92 heavy (non-hydrogen) atoms. The molecule has 0 saturated carbocycles. The van der Waals surface area contributed by atoms with Crippen LogP contribution < -0.4 is 5.73 Å². The molecule has 0 aliphatic heterocycles. The summed E-state index contributed by atoms with van der Waals surface area (Å²) in [6, 6.07) is 25.9. The molecule has 1 amide bonds. The van der Waals surface area contributed by atoms with Crippen LogP contribution in [0.2, 0.25) is 15.5 Å². The first-order valence-corrected chi connectivity index (χ1v) is 29.5. The van der Waals surface area contributed by atoms with Crippen molar-refractivity contribution in [2.45, 2.75) is 33.6 Å². The van der Waals surface area contributed by atoms with Gasteiger partial charge in [-0.2, -0.15) is 15.3 Å². The van der Waals surface area contributed by atoms with Crippen LogP contribution >= 0.6 is 34.8 Å². The van der Waals surface area contributed by atoms with Crippen molar-refractivity contribution >= 4 is 69.8 Å². The summed E-state index contributed by atoms with van der Waals surface area (Å²) in [6.07, 6.45) is 21.7. The van der Waals surface area contributed by atoms with E-state index in [0.29, 0.717) is 51.3 Å². The summed E-state index contributed by atoms with van der Waals surface area (Å²) in [5.41, 5.74) is 19.3. The quantitative estimate of drug-likeness (QED) is 0.0604. The van der Waals surface area contributed by atoms with Crippen LogP contribution in [0.3, 0.4) is 0 Å². The average molecular weight is 1300 g/mol. The number of imidazole rings is 3. The molecule has 0 bridgehead atoms. The predicted octanol–water partition coefficient (Wildman–Crippen LogP) is 12.6. The van der Waals surface area contributed by atoms with Crippen molar-refractivity contribution in [3.8, 4) is 78.4 Å². The number of benzene rings is 1. The van der Waals surface area contributed by atoms with E-state index in [-0.39, 0.29) is 36.7 Å². The zero-order chi connectivity index (χ0) is 65.2. The molecule has 0 aliphatic rings. The van der Waals surface area contributed by atoms with Crippen molar-refractivity contribution in [3.05, 3.63) is 204 Å². The molecule has 0 saturated heterocycles. The number of ether oxygens (including phenoxy) is 3. The van der Waals surface area contributed by atoms with Gasteiger partial charge < -0.3 is 19.9 Å². The summed E-state index contributed by atoms with van der Waals surface area (Å²) in [4.78, 5) is 59.7. The number of hydrogen-bond acceptors (Lipinski definition) is 15. The SMILES string of the molecule is CCOC(=O)Cc1cc(-c2cnc3cc(-c4cnn(C)c4)ccn23)cc(-c2ccc(F)cc2F)n1.CCOC(=O)Cc1cc(-c2cnc3cc(-c4cnn(C)c4)ccn23)cc(Cl)n1.CCOC(N)=O.Cn1cc(-c2ccn3c(-c4cc(Cl)nc(Cl)c4)cnc3c2)cn1. The molecule has 12 aromatic heterocycles. The molecule has 0 fully saturated rings. The first kappa shape index (κ1) is 64.3. The van der Waals surface area contributed by atoms with Crippen molar-refractivity contribution in [1.82, 2.24) is 72.4 Å². The van der Waals surface area contributed by atoms with E-state index < -0.39 is 23.7 Å². The molecule has 0 radical (unpaired) electrons. The number of nitrogens with zero attached hydrogens (tertiary/aromatic N) is 15. The number of aromatic nitrogens is 15. The minimum absolute atomic E-state index is 0.0727. The van der Waals surface area contributed by atoms with E-state index in [0.717, 1.165) is 79.0 Å². The van der Waals surface area contributed by atoms with Gasteiger partial charge in [0.15, 0.2) is 0 Å². The van der Waals surface area contributed by atoms with Gasteiger partial charge >= 0.3 is 18.0 Å². The molecule has 13 aromatic rings. The molecule has 22 nitrogen and oxygen atoms in total. The number of carbonyl (C=O) groups is 3. The van der Waals surface area contributed by atoms with E-state index in [1.807, 2.05) is 126 Å². The Hall–Kier alpha value is -10.7. The van der Waals surface area contributed by atoms with Crippen molar-refractivity contribution < 1.29 is 37.4 Å². The molecule has 1 aromatic carbocycles. The van der Waals surface area contributed by atoms with Gasteiger partial charge in [0.1, 0.15) is 44.0 Å². The van der Waals surface area contributed by atoms with Gasteiger partial charge in [0.05, 0.1) is 104 Å². The number of pyridine rings is 6. The van der Waals surface area contributed by atoms with Crippen LogP contribution in [0, 0.1) is 11.6 Å². The highest BCUT2D eigenvalue weighted by atomic mass is 35.5. The van der Waals surface area contributed by atoms with Gasteiger partial charge in [0.2, 0.25) is 0 Å². The lowest BCUT2D eigenvalue weighted by Gasteiger charge is -2.11. The van der Waals surface area contributed by atoms with Gasteiger partial charge in [0.25, 0.3) is 0 Å². The number of fused-ring (bicyclic) bond motifs is 3. The van der Waals surface area contributed by atoms with Gasteiger partial charge in [-0.3, -0.25) is 41.8 Å². The Labute approximate surface area is 539 Å². The van der Waals surface area contributed by atoms with Crippen LogP contribution in [0.25, 0.3) is 95.4 Å². The normalized spacial score (nSPS) is 10.9. The zero-order valence-corrected chi connectivity index (χ0v) is 52.5. The predicted molar refractivity (Wildman–Crippen MR) is 344 cm³/mol.